The van der Waals surface area contributed by atoms with Crippen LogP contribution in [0.25, 0.3) is 0 Å². The average molecular weight is 486 g/mol. The summed E-state index contributed by atoms with van der Waals surface area (Å²) in [6.45, 7) is 5.86. The van der Waals surface area contributed by atoms with E-state index in [2.05, 4.69) is 19.2 Å². The monoisotopic (exact) mass is 485 g/mol. The Balaban J connectivity index is 1.47. The summed E-state index contributed by atoms with van der Waals surface area (Å²) in [6, 6.07) is 14.1. The number of carbonyl (C=O) groups is 2. The number of para-hydroxylation sites is 1. The van der Waals surface area contributed by atoms with E-state index >= 15 is 0 Å². The van der Waals surface area contributed by atoms with Gasteiger partial charge in [0.15, 0.2) is 0 Å². The summed E-state index contributed by atoms with van der Waals surface area (Å²) in [7, 11) is -3.67. The van der Waals surface area contributed by atoms with Crippen LogP contribution < -0.4 is 10.2 Å². The molecule has 1 N–H and O–H groups in total. The molecular weight excluding hydrogens is 454 g/mol. The zero-order valence-electron chi connectivity index (χ0n) is 19.6. The van der Waals surface area contributed by atoms with Crippen LogP contribution in [0.15, 0.2) is 53.4 Å². The number of morpholine rings is 1. The van der Waals surface area contributed by atoms with Crippen molar-refractivity contribution in [1.29, 1.82) is 0 Å². The van der Waals surface area contributed by atoms with Gasteiger partial charge in [0.05, 0.1) is 24.0 Å². The van der Waals surface area contributed by atoms with Crippen molar-refractivity contribution in [3.05, 3.63) is 54.1 Å². The van der Waals surface area contributed by atoms with Gasteiger partial charge >= 0.3 is 0 Å². The van der Waals surface area contributed by atoms with Crippen LogP contribution in [0.1, 0.15) is 38.2 Å². The summed E-state index contributed by atoms with van der Waals surface area (Å²) in [5.41, 5.74) is 2.35. The molecule has 182 valence electrons. The molecular formula is C25H31N3O5S. The Bertz CT molecular complexity index is 1160. The Kier molecular flexibility index (Phi) is 7.35. The molecule has 4 rings (SSSR count). The van der Waals surface area contributed by atoms with Crippen LogP contribution in [-0.2, 0) is 24.3 Å². The number of anilines is 2. The van der Waals surface area contributed by atoms with E-state index in [0.29, 0.717) is 44.5 Å². The molecule has 0 spiro atoms. The number of hydrogen-bond acceptors (Lipinski definition) is 5. The Hall–Kier alpha value is -2.75. The van der Waals surface area contributed by atoms with Gasteiger partial charge in [0.25, 0.3) is 0 Å². The minimum atomic E-state index is -3.67. The van der Waals surface area contributed by atoms with Crippen LogP contribution in [0.4, 0.5) is 11.4 Å². The van der Waals surface area contributed by atoms with E-state index in [-0.39, 0.29) is 23.1 Å². The third kappa shape index (κ3) is 5.01. The van der Waals surface area contributed by atoms with Crippen LogP contribution in [0.3, 0.4) is 0 Å². The van der Waals surface area contributed by atoms with Gasteiger partial charge in [-0.3, -0.25) is 9.59 Å². The zero-order valence-corrected chi connectivity index (χ0v) is 20.4. The van der Waals surface area contributed by atoms with Crippen molar-refractivity contribution < 1.29 is 22.7 Å². The molecule has 0 aromatic heterocycles. The first kappa shape index (κ1) is 24.4. The molecule has 2 aromatic carbocycles. The van der Waals surface area contributed by atoms with Gasteiger partial charge in [0.1, 0.15) is 0 Å². The molecule has 2 fully saturated rings. The van der Waals surface area contributed by atoms with Crippen molar-refractivity contribution in [3.8, 4) is 0 Å². The molecule has 34 heavy (non-hydrogen) atoms. The third-order valence-electron chi connectivity index (χ3n) is 6.58. The summed E-state index contributed by atoms with van der Waals surface area (Å²) in [6.07, 6.45) is 1.07. The lowest BCUT2D eigenvalue weighted by Crippen LogP contribution is -2.40. The maximum atomic E-state index is 13.0. The first-order valence-corrected chi connectivity index (χ1v) is 13.1. The molecule has 0 unspecified atom stereocenters. The number of sulfonamides is 1. The van der Waals surface area contributed by atoms with E-state index in [1.54, 1.807) is 17.0 Å². The van der Waals surface area contributed by atoms with Crippen molar-refractivity contribution in [2.45, 2.75) is 37.5 Å². The lowest BCUT2D eigenvalue weighted by Gasteiger charge is -2.26. The second kappa shape index (κ2) is 10.2. The Labute approximate surface area is 200 Å². The first-order chi connectivity index (χ1) is 16.3. The number of hydrogen-bond donors (Lipinski definition) is 1. The van der Waals surface area contributed by atoms with E-state index in [9.17, 15) is 18.0 Å². The number of amides is 2. The fraction of sp³-hybridized carbons (Fsp3) is 0.440. The normalized spacial score (nSPS) is 20.4. The molecule has 0 aliphatic carbocycles. The number of rotatable bonds is 7. The number of benzene rings is 2. The quantitative estimate of drug-likeness (QED) is 0.650. The van der Waals surface area contributed by atoms with Crippen LogP contribution >= 0.6 is 0 Å². The van der Waals surface area contributed by atoms with Crippen LogP contribution in [0.2, 0.25) is 0 Å². The van der Waals surface area contributed by atoms with Crippen LogP contribution in [-0.4, -0.2) is 57.4 Å². The maximum absolute atomic E-state index is 13.0. The molecule has 2 heterocycles. The number of ether oxygens (including phenoxy) is 1. The second-order valence-electron chi connectivity index (χ2n) is 8.81. The molecule has 0 radical (unpaired) electrons. The standard InChI is InChI=1S/C25H31N3O5S/c1-3-18(2)22-9-4-5-10-23(22)28-17-19(15-24(28)29)25(30)26-20-7-6-8-21(16-20)34(31,32)27-11-13-33-14-12-27/h4-10,16,18-19H,3,11-15,17H2,1-2H3,(H,26,30)/t18-,19-/m1/s1. The summed E-state index contributed by atoms with van der Waals surface area (Å²) in [4.78, 5) is 27.6. The highest BCUT2D eigenvalue weighted by atomic mass is 32.2. The van der Waals surface area contributed by atoms with E-state index in [4.69, 9.17) is 4.74 Å². The highest BCUT2D eigenvalue weighted by molar-refractivity contribution is 7.89. The fourth-order valence-electron chi connectivity index (χ4n) is 4.40. The molecule has 2 saturated heterocycles. The third-order valence-corrected chi connectivity index (χ3v) is 8.47. The van der Waals surface area contributed by atoms with E-state index in [1.807, 2.05) is 24.3 Å². The summed E-state index contributed by atoms with van der Waals surface area (Å²) < 4.78 is 32.5. The molecule has 2 aromatic rings. The van der Waals surface area contributed by atoms with Gasteiger partial charge in [-0.15, -0.1) is 0 Å². The summed E-state index contributed by atoms with van der Waals surface area (Å²) in [5, 5.41) is 2.81. The predicted molar refractivity (Wildman–Crippen MR) is 130 cm³/mol. The van der Waals surface area contributed by atoms with E-state index < -0.39 is 15.9 Å². The first-order valence-electron chi connectivity index (χ1n) is 11.7. The SMILES string of the molecule is CC[C@@H](C)c1ccccc1N1C[C@H](C(=O)Nc2cccc(S(=O)(=O)N3CCOCC3)c2)CC1=O. The predicted octanol–water partition coefficient (Wildman–Crippen LogP) is 3.21. The second-order valence-corrected chi connectivity index (χ2v) is 10.7. The zero-order chi connectivity index (χ0) is 24.3. The van der Waals surface area contributed by atoms with Crippen molar-refractivity contribution in [2.75, 3.05) is 43.1 Å². The fourth-order valence-corrected chi connectivity index (χ4v) is 5.86. The molecule has 0 bridgehead atoms. The van der Waals surface area contributed by atoms with Crippen molar-refractivity contribution in [1.82, 2.24) is 4.31 Å². The molecule has 9 heteroatoms. The molecule has 2 amide bonds. The largest absolute Gasteiger partial charge is 0.379 e. The smallest absolute Gasteiger partial charge is 0.243 e. The van der Waals surface area contributed by atoms with Crippen molar-refractivity contribution in [2.24, 2.45) is 5.92 Å². The number of nitrogens with one attached hydrogen (secondary N) is 1. The Morgan fingerprint density at radius 3 is 2.62 bits per heavy atom. The van der Waals surface area contributed by atoms with E-state index in [1.165, 1.54) is 16.4 Å². The van der Waals surface area contributed by atoms with Gasteiger partial charge in [-0.25, -0.2) is 8.42 Å². The van der Waals surface area contributed by atoms with Gasteiger partial charge in [-0.05, 0) is 42.2 Å². The summed E-state index contributed by atoms with van der Waals surface area (Å²) in [5.74, 6) is -0.595. The van der Waals surface area contributed by atoms with Gasteiger partial charge in [-0.2, -0.15) is 4.31 Å². The maximum Gasteiger partial charge on any atom is 0.243 e. The van der Waals surface area contributed by atoms with Gasteiger partial charge < -0.3 is 15.0 Å². The molecule has 2 aliphatic rings. The minimum Gasteiger partial charge on any atom is -0.379 e. The number of carbonyl (C=O) groups excluding carboxylic acids is 2. The van der Waals surface area contributed by atoms with Gasteiger partial charge in [0, 0.05) is 37.4 Å². The van der Waals surface area contributed by atoms with Crippen LogP contribution in [0.5, 0.6) is 0 Å². The molecule has 2 aliphatic heterocycles. The van der Waals surface area contributed by atoms with Gasteiger partial charge in [0.2, 0.25) is 21.8 Å². The molecule has 2 atom stereocenters. The van der Waals surface area contributed by atoms with Crippen LogP contribution in [0, 0.1) is 5.92 Å². The molecule has 0 saturated carbocycles. The minimum absolute atomic E-state index is 0.0838. The van der Waals surface area contributed by atoms with Crippen molar-refractivity contribution in [3.63, 3.8) is 0 Å². The Morgan fingerprint density at radius 2 is 1.88 bits per heavy atom. The summed E-state index contributed by atoms with van der Waals surface area (Å²) >= 11 is 0. The Morgan fingerprint density at radius 1 is 1.15 bits per heavy atom. The highest BCUT2D eigenvalue weighted by Crippen LogP contribution is 2.34. The number of nitrogens with zero attached hydrogens (tertiary/aromatic N) is 2. The van der Waals surface area contributed by atoms with E-state index in [0.717, 1.165) is 17.7 Å². The average Bonchev–Trinajstić information content (AvgIpc) is 3.26. The lowest BCUT2D eigenvalue weighted by molar-refractivity contribution is -0.122. The van der Waals surface area contributed by atoms with Gasteiger partial charge in [-0.1, -0.05) is 38.1 Å². The topological polar surface area (TPSA) is 96.0 Å². The lowest BCUT2D eigenvalue weighted by atomic mass is 9.96. The van der Waals surface area contributed by atoms with Crippen molar-refractivity contribution >= 4 is 33.2 Å². The molecule has 8 nitrogen and oxygen atoms in total. The highest BCUT2D eigenvalue weighted by Gasteiger charge is 2.36.